The molecule has 25 heavy (non-hydrogen) atoms. The van der Waals surface area contributed by atoms with Gasteiger partial charge in [0.15, 0.2) is 5.82 Å². The van der Waals surface area contributed by atoms with Crippen LogP contribution in [0.4, 0.5) is 5.82 Å². The van der Waals surface area contributed by atoms with Crippen molar-refractivity contribution in [2.24, 2.45) is 0 Å². The molecule has 5 heteroatoms. The summed E-state index contributed by atoms with van der Waals surface area (Å²) in [6.07, 6.45) is 4.28. The lowest BCUT2D eigenvalue weighted by molar-refractivity contribution is -0.115. The first kappa shape index (κ1) is 16.9. The molecule has 0 spiro atoms. The molecular formula is C20H22N4O. The van der Waals surface area contributed by atoms with Gasteiger partial charge in [-0.25, -0.2) is 0 Å². The third-order valence-electron chi connectivity index (χ3n) is 3.90. The van der Waals surface area contributed by atoms with Crippen molar-refractivity contribution in [2.45, 2.75) is 32.6 Å². The molecule has 0 unspecified atom stereocenters. The zero-order valence-electron chi connectivity index (χ0n) is 14.7. The first-order chi connectivity index (χ1) is 11.9. The van der Waals surface area contributed by atoms with Crippen molar-refractivity contribution < 1.29 is 4.79 Å². The molecule has 0 aliphatic carbocycles. The first-order valence-corrected chi connectivity index (χ1v) is 8.28. The van der Waals surface area contributed by atoms with E-state index in [0.717, 1.165) is 16.9 Å². The minimum atomic E-state index is -0.105. The Balaban J connectivity index is 1.61. The summed E-state index contributed by atoms with van der Waals surface area (Å²) in [6.45, 7) is 6.23. The summed E-state index contributed by atoms with van der Waals surface area (Å²) >= 11 is 0. The summed E-state index contributed by atoms with van der Waals surface area (Å²) < 4.78 is 2.02. The minimum Gasteiger partial charge on any atom is -0.324 e. The lowest BCUT2D eigenvalue weighted by Crippen LogP contribution is -2.18. The number of nitrogens with one attached hydrogen (secondary N) is 1. The number of anilines is 1. The molecule has 0 aliphatic rings. The summed E-state index contributed by atoms with van der Waals surface area (Å²) in [7, 11) is 0. The van der Waals surface area contributed by atoms with Crippen LogP contribution in [0.25, 0.3) is 5.69 Å². The highest BCUT2D eigenvalue weighted by Crippen LogP contribution is 2.19. The second kappa shape index (κ2) is 6.89. The van der Waals surface area contributed by atoms with E-state index in [1.807, 2.05) is 59.4 Å². The monoisotopic (exact) mass is 334 g/mol. The number of hydrogen-bond acceptors (Lipinski definition) is 3. The molecule has 128 valence electrons. The number of carbonyl (C=O) groups excluding carboxylic acids is 1. The molecule has 2 heterocycles. The maximum Gasteiger partial charge on any atom is 0.229 e. The Morgan fingerprint density at radius 1 is 1.00 bits per heavy atom. The third kappa shape index (κ3) is 4.32. The van der Waals surface area contributed by atoms with Gasteiger partial charge in [0.25, 0.3) is 0 Å². The van der Waals surface area contributed by atoms with Crippen molar-refractivity contribution in [3.63, 3.8) is 0 Å². The van der Waals surface area contributed by atoms with Gasteiger partial charge >= 0.3 is 0 Å². The molecule has 1 aromatic carbocycles. The maximum absolute atomic E-state index is 12.2. The van der Waals surface area contributed by atoms with Crippen LogP contribution in [0.3, 0.4) is 0 Å². The third-order valence-corrected chi connectivity index (χ3v) is 3.90. The van der Waals surface area contributed by atoms with Crippen molar-refractivity contribution in [2.75, 3.05) is 5.32 Å². The zero-order valence-corrected chi connectivity index (χ0v) is 14.7. The molecule has 0 saturated carbocycles. The number of hydrogen-bond donors (Lipinski definition) is 1. The van der Waals surface area contributed by atoms with Crippen LogP contribution in [0.15, 0.2) is 60.9 Å². The Bertz CT molecular complexity index is 829. The zero-order chi connectivity index (χ0) is 17.9. The molecule has 1 amide bonds. The Kier molecular flexibility index (Phi) is 4.65. The van der Waals surface area contributed by atoms with Gasteiger partial charge in [0.05, 0.1) is 12.1 Å². The fraction of sp³-hybridized carbons (Fsp3) is 0.250. The highest BCUT2D eigenvalue weighted by molar-refractivity contribution is 5.91. The Hall–Kier alpha value is -2.95. The summed E-state index contributed by atoms with van der Waals surface area (Å²) in [6, 6.07) is 15.6. The fourth-order valence-corrected chi connectivity index (χ4v) is 2.46. The predicted octanol–water partition coefficient (Wildman–Crippen LogP) is 3.75. The van der Waals surface area contributed by atoms with Crippen LogP contribution in [-0.4, -0.2) is 20.7 Å². The Morgan fingerprint density at radius 3 is 2.24 bits per heavy atom. The first-order valence-electron chi connectivity index (χ1n) is 8.28. The van der Waals surface area contributed by atoms with E-state index in [4.69, 9.17) is 0 Å². The average Bonchev–Trinajstić information content (AvgIpc) is 3.09. The van der Waals surface area contributed by atoms with Gasteiger partial charge in [-0.3, -0.25) is 4.79 Å². The van der Waals surface area contributed by atoms with Crippen molar-refractivity contribution in [1.29, 1.82) is 0 Å². The molecule has 0 atom stereocenters. The maximum atomic E-state index is 12.2. The number of amides is 1. The molecule has 0 saturated heterocycles. The van der Waals surface area contributed by atoms with Gasteiger partial charge in [-0.1, -0.05) is 32.9 Å². The van der Waals surface area contributed by atoms with E-state index in [2.05, 4.69) is 36.3 Å². The number of rotatable bonds is 4. The molecule has 1 N–H and O–H groups in total. The van der Waals surface area contributed by atoms with E-state index < -0.39 is 0 Å². The normalized spacial score (nSPS) is 11.3. The highest BCUT2D eigenvalue weighted by atomic mass is 16.1. The number of nitrogens with zero attached hydrogens (tertiary/aromatic N) is 3. The van der Waals surface area contributed by atoms with Gasteiger partial charge in [0.2, 0.25) is 5.91 Å². The van der Waals surface area contributed by atoms with E-state index in [1.54, 1.807) is 6.07 Å². The van der Waals surface area contributed by atoms with Crippen LogP contribution < -0.4 is 5.32 Å². The van der Waals surface area contributed by atoms with Gasteiger partial charge in [0.1, 0.15) is 0 Å². The molecule has 3 aromatic rings. The molecule has 3 rings (SSSR count). The van der Waals surface area contributed by atoms with E-state index in [9.17, 15) is 4.79 Å². The van der Waals surface area contributed by atoms with Crippen molar-refractivity contribution in [1.82, 2.24) is 14.8 Å². The van der Waals surface area contributed by atoms with Crippen molar-refractivity contribution in [3.05, 3.63) is 72.2 Å². The number of benzene rings is 1. The van der Waals surface area contributed by atoms with Crippen LogP contribution in [0.1, 0.15) is 32.0 Å². The lowest BCUT2D eigenvalue weighted by Gasteiger charge is -2.16. The van der Waals surface area contributed by atoms with E-state index >= 15 is 0 Å². The molecule has 0 bridgehead atoms. The molecule has 0 radical (unpaired) electrons. The summed E-state index contributed by atoms with van der Waals surface area (Å²) in [5.74, 6) is 0.369. The van der Waals surface area contributed by atoms with Crippen LogP contribution >= 0.6 is 0 Å². The van der Waals surface area contributed by atoms with Gasteiger partial charge in [0, 0.05) is 23.5 Å². The van der Waals surface area contributed by atoms with E-state index in [1.165, 1.54) is 0 Å². The second-order valence-corrected chi connectivity index (χ2v) is 7.04. The summed E-state index contributed by atoms with van der Waals surface area (Å²) in [4.78, 5) is 12.2. The number of aromatic nitrogens is 3. The van der Waals surface area contributed by atoms with Gasteiger partial charge in [-0.05, 0) is 42.0 Å². The Morgan fingerprint density at radius 2 is 1.68 bits per heavy atom. The largest absolute Gasteiger partial charge is 0.324 e. The van der Waals surface area contributed by atoms with E-state index in [-0.39, 0.29) is 11.3 Å². The molecule has 0 fully saturated rings. The van der Waals surface area contributed by atoms with Gasteiger partial charge in [-0.2, -0.15) is 5.10 Å². The van der Waals surface area contributed by atoms with Crippen LogP contribution in [0.2, 0.25) is 0 Å². The summed E-state index contributed by atoms with van der Waals surface area (Å²) in [5, 5.41) is 11.1. The topological polar surface area (TPSA) is 59.8 Å². The average molecular weight is 334 g/mol. The van der Waals surface area contributed by atoms with E-state index in [0.29, 0.717) is 12.2 Å². The van der Waals surface area contributed by atoms with Crippen LogP contribution in [0, 0.1) is 0 Å². The number of carbonyl (C=O) groups is 1. The summed E-state index contributed by atoms with van der Waals surface area (Å²) in [5.41, 5.74) is 2.85. The molecule has 2 aromatic heterocycles. The smallest absolute Gasteiger partial charge is 0.229 e. The molecular weight excluding hydrogens is 312 g/mol. The van der Waals surface area contributed by atoms with Gasteiger partial charge in [-0.15, -0.1) is 5.10 Å². The quantitative estimate of drug-likeness (QED) is 0.790. The lowest BCUT2D eigenvalue weighted by atomic mass is 9.92. The highest BCUT2D eigenvalue weighted by Gasteiger charge is 2.16. The fourth-order valence-electron chi connectivity index (χ4n) is 2.46. The predicted molar refractivity (Wildman–Crippen MR) is 98.8 cm³/mol. The molecule has 0 aliphatic heterocycles. The standard InChI is InChI=1S/C20H22N4O/c1-20(2,3)17-10-11-18(23-22-17)21-19(25)14-15-6-8-16(9-7-15)24-12-4-5-13-24/h4-13H,14H2,1-3H3,(H,21,23,25). The van der Waals surface area contributed by atoms with Crippen molar-refractivity contribution >= 4 is 11.7 Å². The minimum absolute atomic E-state index is 0.0585. The molecule has 5 nitrogen and oxygen atoms in total. The van der Waals surface area contributed by atoms with Crippen LogP contribution in [-0.2, 0) is 16.6 Å². The van der Waals surface area contributed by atoms with Crippen LogP contribution in [0.5, 0.6) is 0 Å². The van der Waals surface area contributed by atoms with Gasteiger partial charge < -0.3 is 9.88 Å². The second-order valence-electron chi connectivity index (χ2n) is 7.04. The van der Waals surface area contributed by atoms with Crippen molar-refractivity contribution in [3.8, 4) is 5.69 Å². The SMILES string of the molecule is CC(C)(C)c1ccc(NC(=O)Cc2ccc(-n3cccc3)cc2)nn1. The Labute approximate surface area is 147 Å².